The fourth-order valence-corrected chi connectivity index (χ4v) is 7.24. The second-order valence-electron chi connectivity index (χ2n) is 8.86. The molecule has 2 aromatic carbocycles. The van der Waals surface area contributed by atoms with E-state index in [0.717, 1.165) is 55.5 Å². The van der Waals surface area contributed by atoms with E-state index in [1.807, 2.05) is 55.4 Å². The Morgan fingerprint density at radius 2 is 1.56 bits per heavy atom. The van der Waals surface area contributed by atoms with Crippen LogP contribution in [0.5, 0.6) is 5.75 Å². The van der Waals surface area contributed by atoms with Gasteiger partial charge in [-0.05, 0) is 57.3 Å². The van der Waals surface area contributed by atoms with E-state index in [1.54, 1.807) is 19.2 Å². The molecule has 1 aliphatic rings. The molecule has 1 aliphatic heterocycles. The molecule has 0 spiro atoms. The average Bonchev–Trinajstić information content (AvgIpc) is 2.87. The van der Waals surface area contributed by atoms with Crippen LogP contribution in [-0.2, 0) is 9.84 Å². The Morgan fingerprint density at radius 3 is 2.09 bits per heavy atom. The zero-order valence-electron chi connectivity index (χ0n) is 20.0. The average molecular weight is 457 g/mol. The van der Waals surface area contributed by atoms with Crippen LogP contribution < -0.4 is 4.74 Å². The molecule has 0 amide bonds. The normalized spacial score (nSPS) is 19.2. The van der Waals surface area contributed by atoms with Crippen molar-refractivity contribution in [3.8, 4) is 5.75 Å². The molecule has 1 atom stereocenters. The third-order valence-electron chi connectivity index (χ3n) is 6.30. The van der Waals surface area contributed by atoms with Crippen LogP contribution in [0.3, 0.4) is 0 Å². The van der Waals surface area contributed by atoms with Gasteiger partial charge in [-0.2, -0.15) is 0 Å². The second kappa shape index (κ2) is 10.2. The summed E-state index contributed by atoms with van der Waals surface area (Å²) in [6.45, 7) is 4.29. The van der Waals surface area contributed by atoms with Crippen molar-refractivity contribution in [1.29, 1.82) is 0 Å². The van der Waals surface area contributed by atoms with Gasteiger partial charge in [-0.25, -0.2) is 8.42 Å². The molecule has 0 saturated heterocycles. The van der Waals surface area contributed by atoms with Crippen LogP contribution in [0, 0.1) is 0 Å². The fourth-order valence-electron chi connectivity index (χ4n) is 4.83. The third-order valence-corrected chi connectivity index (χ3v) is 8.71. The molecule has 1 unspecified atom stereocenters. The number of hydrogen-bond donors (Lipinski definition) is 0. The lowest BCUT2D eigenvalue weighted by Gasteiger charge is -2.40. The Morgan fingerprint density at radius 1 is 0.969 bits per heavy atom. The van der Waals surface area contributed by atoms with Crippen molar-refractivity contribution in [2.75, 3.05) is 21.2 Å². The SMILES string of the molecule is CCCCC1(CCCC)N=C(c2ccc(OC)cc2)c2ccccc2S(=O)(=O)C1N(C)C. The number of unbranched alkanes of at least 4 members (excludes halogenated alkanes) is 2. The van der Waals surface area contributed by atoms with Crippen LogP contribution in [0.15, 0.2) is 58.4 Å². The van der Waals surface area contributed by atoms with Crippen molar-refractivity contribution in [1.82, 2.24) is 4.90 Å². The van der Waals surface area contributed by atoms with Gasteiger partial charge in [0.05, 0.1) is 23.3 Å². The van der Waals surface area contributed by atoms with E-state index in [4.69, 9.17) is 9.73 Å². The number of fused-ring (bicyclic) bond motifs is 1. The number of rotatable bonds is 9. The van der Waals surface area contributed by atoms with Crippen LogP contribution in [0.25, 0.3) is 0 Å². The fraction of sp³-hybridized carbons (Fsp3) is 0.500. The molecule has 0 aromatic heterocycles. The zero-order chi connectivity index (χ0) is 23.4. The Kier molecular flexibility index (Phi) is 7.78. The minimum atomic E-state index is -3.65. The number of nitrogens with zero attached hydrogens (tertiary/aromatic N) is 2. The molecule has 0 N–H and O–H groups in total. The van der Waals surface area contributed by atoms with Crippen molar-refractivity contribution in [3.05, 3.63) is 59.7 Å². The smallest absolute Gasteiger partial charge is 0.197 e. The van der Waals surface area contributed by atoms with E-state index < -0.39 is 20.8 Å². The standard InChI is InChI=1S/C26H36N2O3S/c1-6-8-18-26(19-9-7-2)25(28(3)4)32(29,30)23-13-11-10-12-22(23)24(27-26)20-14-16-21(31-5)17-15-20/h10-17,25H,6-9,18-19H2,1-5H3. The van der Waals surface area contributed by atoms with E-state index >= 15 is 0 Å². The van der Waals surface area contributed by atoms with Gasteiger partial charge in [-0.1, -0.05) is 57.7 Å². The molecule has 5 nitrogen and oxygen atoms in total. The molecule has 1 heterocycles. The van der Waals surface area contributed by atoms with Crippen LogP contribution in [-0.4, -0.2) is 51.1 Å². The van der Waals surface area contributed by atoms with Gasteiger partial charge in [0.25, 0.3) is 0 Å². The number of benzene rings is 2. The summed E-state index contributed by atoms with van der Waals surface area (Å²) in [6.07, 6.45) is 5.32. The Labute approximate surface area is 193 Å². The minimum Gasteiger partial charge on any atom is -0.497 e. The molecule has 0 radical (unpaired) electrons. The van der Waals surface area contributed by atoms with Gasteiger partial charge in [0.2, 0.25) is 0 Å². The number of sulfone groups is 1. The first-order valence-electron chi connectivity index (χ1n) is 11.5. The van der Waals surface area contributed by atoms with Gasteiger partial charge in [0.15, 0.2) is 9.84 Å². The first-order chi connectivity index (χ1) is 15.3. The summed E-state index contributed by atoms with van der Waals surface area (Å²) in [5, 5.41) is -0.718. The van der Waals surface area contributed by atoms with E-state index in [2.05, 4.69) is 13.8 Å². The Balaban J connectivity index is 2.37. The maximum absolute atomic E-state index is 14.1. The minimum absolute atomic E-state index is 0.364. The summed E-state index contributed by atoms with van der Waals surface area (Å²) in [5.74, 6) is 0.762. The first-order valence-corrected chi connectivity index (χ1v) is 13.1. The van der Waals surface area contributed by atoms with Crippen molar-refractivity contribution >= 4 is 15.5 Å². The van der Waals surface area contributed by atoms with E-state index in [9.17, 15) is 8.42 Å². The largest absolute Gasteiger partial charge is 0.497 e. The number of hydrogen-bond acceptors (Lipinski definition) is 5. The topological polar surface area (TPSA) is 59.0 Å². The first kappa shape index (κ1) is 24.5. The van der Waals surface area contributed by atoms with Crippen molar-refractivity contribution in [3.63, 3.8) is 0 Å². The highest BCUT2D eigenvalue weighted by Gasteiger charge is 2.50. The highest BCUT2D eigenvalue weighted by molar-refractivity contribution is 7.92. The number of aliphatic imine (C=N–C) groups is 1. The maximum Gasteiger partial charge on any atom is 0.197 e. The number of ether oxygens (including phenoxy) is 1. The highest BCUT2D eigenvalue weighted by Crippen LogP contribution is 2.42. The lowest BCUT2D eigenvalue weighted by molar-refractivity contribution is 0.212. The molecule has 0 fully saturated rings. The summed E-state index contributed by atoms with van der Waals surface area (Å²) in [7, 11) is 1.72. The van der Waals surface area contributed by atoms with Crippen LogP contribution in [0.4, 0.5) is 0 Å². The summed E-state index contributed by atoms with van der Waals surface area (Å²) < 4.78 is 33.6. The molecular formula is C26H36N2O3S. The molecule has 0 bridgehead atoms. The van der Waals surface area contributed by atoms with Gasteiger partial charge in [-0.15, -0.1) is 0 Å². The number of likely N-dealkylation sites (N-methyl/N-ethyl adjacent to an activating group) is 1. The Hall–Kier alpha value is -2.18. The molecule has 0 saturated carbocycles. The molecule has 174 valence electrons. The van der Waals surface area contributed by atoms with Gasteiger partial charge < -0.3 is 4.74 Å². The van der Waals surface area contributed by atoms with Gasteiger partial charge >= 0.3 is 0 Å². The van der Waals surface area contributed by atoms with Crippen molar-refractivity contribution in [2.24, 2.45) is 4.99 Å². The van der Waals surface area contributed by atoms with Gasteiger partial charge in [0, 0.05) is 11.1 Å². The summed E-state index contributed by atoms with van der Waals surface area (Å²) in [5.41, 5.74) is 1.62. The van der Waals surface area contributed by atoms with E-state index in [1.165, 1.54) is 0 Å². The highest BCUT2D eigenvalue weighted by atomic mass is 32.2. The Bertz CT molecular complexity index is 1030. The van der Waals surface area contributed by atoms with Crippen LogP contribution in [0.2, 0.25) is 0 Å². The lowest BCUT2D eigenvalue weighted by Crippen LogP contribution is -2.53. The predicted octanol–water partition coefficient (Wildman–Crippen LogP) is 5.33. The molecule has 32 heavy (non-hydrogen) atoms. The summed E-state index contributed by atoms with van der Waals surface area (Å²) in [6, 6.07) is 15.1. The van der Waals surface area contributed by atoms with E-state index in [0.29, 0.717) is 10.5 Å². The molecule has 2 aromatic rings. The lowest BCUT2D eigenvalue weighted by atomic mass is 9.85. The third kappa shape index (κ3) is 4.62. The van der Waals surface area contributed by atoms with Crippen molar-refractivity contribution in [2.45, 2.75) is 68.2 Å². The summed E-state index contributed by atoms with van der Waals surface area (Å²) >= 11 is 0. The summed E-state index contributed by atoms with van der Waals surface area (Å²) in [4.78, 5) is 7.63. The molecule has 0 aliphatic carbocycles. The van der Waals surface area contributed by atoms with Crippen LogP contribution >= 0.6 is 0 Å². The number of methoxy groups -OCH3 is 1. The maximum atomic E-state index is 14.1. The van der Waals surface area contributed by atoms with Crippen LogP contribution in [0.1, 0.15) is 63.5 Å². The molecule has 6 heteroatoms. The second-order valence-corrected chi connectivity index (χ2v) is 10.8. The monoisotopic (exact) mass is 456 g/mol. The van der Waals surface area contributed by atoms with Gasteiger partial charge in [-0.3, -0.25) is 9.89 Å². The quantitative estimate of drug-likeness (QED) is 0.512. The molecule has 3 rings (SSSR count). The van der Waals surface area contributed by atoms with Crippen molar-refractivity contribution < 1.29 is 13.2 Å². The predicted molar refractivity (Wildman–Crippen MR) is 132 cm³/mol. The molecular weight excluding hydrogens is 420 g/mol. The zero-order valence-corrected chi connectivity index (χ0v) is 20.8. The van der Waals surface area contributed by atoms with E-state index in [-0.39, 0.29) is 0 Å². The van der Waals surface area contributed by atoms with Gasteiger partial charge in [0.1, 0.15) is 11.1 Å².